The van der Waals surface area contributed by atoms with Crippen LogP contribution in [0.2, 0.25) is 0 Å². The third-order valence-electron chi connectivity index (χ3n) is 1.55. The van der Waals surface area contributed by atoms with E-state index in [1.807, 2.05) is 6.26 Å². The number of cyclic esters (lactones) is 1. The molecule has 12 heavy (non-hydrogen) atoms. The van der Waals surface area contributed by atoms with Gasteiger partial charge in [-0.2, -0.15) is 11.8 Å². The van der Waals surface area contributed by atoms with Crippen molar-refractivity contribution in [1.29, 1.82) is 0 Å². The molecular weight excluding hydrogens is 178 g/mol. The molecule has 68 valence electrons. The average molecular weight is 189 g/mol. The standard InChI is InChI=1S/C7H11NO3S/c1-12-4-6(9)8-5-2-3-11-7(5)10/h5H,2-4H2,1H3,(H,8,9). The Morgan fingerprint density at radius 3 is 3.08 bits per heavy atom. The van der Waals surface area contributed by atoms with Crippen LogP contribution in [0.3, 0.4) is 0 Å². The molecule has 1 aliphatic rings. The maximum absolute atomic E-state index is 11.0. The molecule has 0 aromatic heterocycles. The fraction of sp³-hybridized carbons (Fsp3) is 0.714. The van der Waals surface area contributed by atoms with Crippen LogP contribution < -0.4 is 5.32 Å². The lowest BCUT2D eigenvalue weighted by molar-refractivity contribution is -0.141. The minimum Gasteiger partial charge on any atom is -0.464 e. The van der Waals surface area contributed by atoms with Gasteiger partial charge in [0.25, 0.3) is 0 Å². The molecule has 1 saturated heterocycles. The number of thioether (sulfide) groups is 1. The van der Waals surface area contributed by atoms with Gasteiger partial charge in [0.15, 0.2) is 0 Å². The van der Waals surface area contributed by atoms with Crippen LogP contribution >= 0.6 is 11.8 Å². The molecular formula is C7H11NO3S. The highest BCUT2D eigenvalue weighted by molar-refractivity contribution is 7.99. The first kappa shape index (κ1) is 9.38. The summed E-state index contributed by atoms with van der Waals surface area (Å²) in [6.07, 6.45) is 2.44. The highest BCUT2D eigenvalue weighted by Crippen LogP contribution is 2.05. The van der Waals surface area contributed by atoms with Crippen molar-refractivity contribution in [2.45, 2.75) is 12.5 Å². The first-order valence-electron chi connectivity index (χ1n) is 3.69. The summed E-state index contributed by atoms with van der Waals surface area (Å²) in [5.74, 6) is -0.0279. The van der Waals surface area contributed by atoms with Crippen molar-refractivity contribution < 1.29 is 14.3 Å². The number of esters is 1. The summed E-state index contributed by atoms with van der Waals surface area (Å²) in [5.41, 5.74) is 0. The Kier molecular flexibility index (Phi) is 3.40. The van der Waals surface area contributed by atoms with Crippen LogP contribution in [-0.2, 0) is 14.3 Å². The van der Waals surface area contributed by atoms with E-state index in [0.29, 0.717) is 18.8 Å². The minimum absolute atomic E-state index is 0.105. The second kappa shape index (κ2) is 4.35. The van der Waals surface area contributed by atoms with Gasteiger partial charge in [-0.05, 0) is 6.26 Å². The first-order valence-corrected chi connectivity index (χ1v) is 5.08. The van der Waals surface area contributed by atoms with E-state index in [2.05, 4.69) is 10.1 Å². The molecule has 4 nitrogen and oxygen atoms in total. The van der Waals surface area contributed by atoms with Crippen molar-refractivity contribution in [3.05, 3.63) is 0 Å². The van der Waals surface area contributed by atoms with Crippen LogP contribution in [0.25, 0.3) is 0 Å². The lowest BCUT2D eigenvalue weighted by atomic mass is 10.2. The number of rotatable bonds is 3. The zero-order valence-corrected chi connectivity index (χ0v) is 7.65. The lowest BCUT2D eigenvalue weighted by Crippen LogP contribution is -2.38. The third-order valence-corrected chi connectivity index (χ3v) is 2.10. The topological polar surface area (TPSA) is 55.4 Å². The maximum atomic E-state index is 11.0. The van der Waals surface area contributed by atoms with Crippen LogP contribution in [0, 0.1) is 0 Å². The van der Waals surface area contributed by atoms with Crippen molar-refractivity contribution in [1.82, 2.24) is 5.32 Å². The van der Waals surface area contributed by atoms with Crippen LogP contribution in [0.15, 0.2) is 0 Å². The van der Waals surface area contributed by atoms with E-state index in [4.69, 9.17) is 0 Å². The molecule has 1 atom stereocenters. The summed E-state index contributed by atoms with van der Waals surface area (Å²) in [6.45, 7) is 0.420. The van der Waals surface area contributed by atoms with E-state index in [-0.39, 0.29) is 11.9 Å². The molecule has 1 rings (SSSR count). The fourth-order valence-corrected chi connectivity index (χ4v) is 1.34. The van der Waals surface area contributed by atoms with Crippen molar-refractivity contribution in [2.75, 3.05) is 18.6 Å². The molecule has 0 bridgehead atoms. The zero-order chi connectivity index (χ0) is 8.97. The fourth-order valence-electron chi connectivity index (χ4n) is 0.994. The van der Waals surface area contributed by atoms with Crippen molar-refractivity contribution >= 4 is 23.6 Å². The van der Waals surface area contributed by atoms with Gasteiger partial charge < -0.3 is 10.1 Å². The highest BCUT2D eigenvalue weighted by Gasteiger charge is 2.27. The summed E-state index contributed by atoms with van der Waals surface area (Å²) >= 11 is 1.43. The van der Waals surface area contributed by atoms with Gasteiger partial charge >= 0.3 is 5.97 Å². The Morgan fingerprint density at radius 1 is 1.83 bits per heavy atom. The van der Waals surface area contributed by atoms with Crippen LogP contribution in [-0.4, -0.2) is 36.5 Å². The smallest absolute Gasteiger partial charge is 0.328 e. The highest BCUT2D eigenvalue weighted by atomic mass is 32.2. The summed E-state index contributed by atoms with van der Waals surface area (Å²) in [4.78, 5) is 21.9. The Labute approximate surface area is 75.0 Å². The number of carbonyl (C=O) groups excluding carboxylic acids is 2. The van der Waals surface area contributed by atoms with Crippen LogP contribution in [0.4, 0.5) is 0 Å². The maximum Gasteiger partial charge on any atom is 0.328 e. The molecule has 1 fully saturated rings. The van der Waals surface area contributed by atoms with Gasteiger partial charge in [-0.15, -0.1) is 0 Å². The zero-order valence-electron chi connectivity index (χ0n) is 6.83. The molecule has 0 aliphatic carbocycles. The number of nitrogens with one attached hydrogen (secondary N) is 1. The molecule has 0 radical (unpaired) electrons. The van der Waals surface area contributed by atoms with Crippen LogP contribution in [0.5, 0.6) is 0 Å². The second-order valence-electron chi connectivity index (χ2n) is 2.51. The van der Waals surface area contributed by atoms with Gasteiger partial charge in [0, 0.05) is 6.42 Å². The van der Waals surface area contributed by atoms with E-state index in [1.165, 1.54) is 11.8 Å². The lowest BCUT2D eigenvalue weighted by Gasteiger charge is -2.06. The quantitative estimate of drug-likeness (QED) is 0.624. The molecule has 0 aromatic carbocycles. The van der Waals surface area contributed by atoms with Gasteiger partial charge in [0.2, 0.25) is 5.91 Å². The summed E-state index contributed by atoms with van der Waals surface area (Å²) in [5, 5.41) is 2.60. The molecule has 1 unspecified atom stereocenters. The number of ether oxygens (including phenoxy) is 1. The molecule has 5 heteroatoms. The van der Waals surface area contributed by atoms with E-state index in [9.17, 15) is 9.59 Å². The van der Waals surface area contributed by atoms with E-state index in [0.717, 1.165) is 0 Å². The number of hydrogen-bond donors (Lipinski definition) is 1. The van der Waals surface area contributed by atoms with Crippen molar-refractivity contribution in [2.24, 2.45) is 0 Å². The normalized spacial score (nSPS) is 22.1. The number of amides is 1. The predicted octanol–water partition coefficient (Wildman–Crippen LogP) is -0.219. The average Bonchev–Trinajstić information content (AvgIpc) is 2.37. The Morgan fingerprint density at radius 2 is 2.58 bits per heavy atom. The summed E-state index contributed by atoms with van der Waals surface area (Å²) < 4.78 is 4.68. The Balaban J connectivity index is 2.30. The molecule has 1 heterocycles. The number of hydrogen-bond acceptors (Lipinski definition) is 4. The monoisotopic (exact) mass is 189 g/mol. The Bertz CT molecular complexity index is 195. The Hall–Kier alpha value is -0.710. The molecule has 1 aliphatic heterocycles. The summed E-state index contributed by atoms with van der Waals surface area (Å²) in [7, 11) is 0. The molecule has 0 spiro atoms. The first-order chi connectivity index (χ1) is 5.74. The van der Waals surface area contributed by atoms with Gasteiger partial charge in [-0.1, -0.05) is 0 Å². The molecule has 0 aromatic rings. The second-order valence-corrected chi connectivity index (χ2v) is 3.38. The predicted molar refractivity (Wildman–Crippen MR) is 45.9 cm³/mol. The van der Waals surface area contributed by atoms with E-state index < -0.39 is 6.04 Å². The van der Waals surface area contributed by atoms with Crippen LogP contribution in [0.1, 0.15) is 6.42 Å². The van der Waals surface area contributed by atoms with Gasteiger partial charge in [-0.25, -0.2) is 4.79 Å². The van der Waals surface area contributed by atoms with Gasteiger partial charge in [-0.3, -0.25) is 4.79 Å². The minimum atomic E-state index is -0.412. The van der Waals surface area contributed by atoms with Gasteiger partial charge in [0.05, 0.1) is 12.4 Å². The molecule has 0 saturated carbocycles. The van der Waals surface area contributed by atoms with Crippen molar-refractivity contribution in [3.63, 3.8) is 0 Å². The number of carbonyl (C=O) groups is 2. The van der Waals surface area contributed by atoms with Crippen molar-refractivity contribution in [3.8, 4) is 0 Å². The van der Waals surface area contributed by atoms with E-state index in [1.54, 1.807) is 0 Å². The largest absolute Gasteiger partial charge is 0.464 e. The van der Waals surface area contributed by atoms with Gasteiger partial charge in [0.1, 0.15) is 6.04 Å². The summed E-state index contributed by atoms with van der Waals surface area (Å²) in [6, 6.07) is -0.412. The molecule has 1 N–H and O–H groups in total. The third kappa shape index (κ3) is 2.41. The molecule has 1 amide bonds. The SMILES string of the molecule is CSCC(=O)NC1CCOC1=O. The van der Waals surface area contributed by atoms with E-state index >= 15 is 0 Å².